The number of hydrogen-bond acceptors (Lipinski definition) is 3. The molecule has 3 aromatic carbocycles. The van der Waals surface area contributed by atoms with Gasteiger partial charge in [0.15, 0.2) is 0 Å². The highest BCUT2D eigenvalue weighted by Gasteiger charge is 2.67. The van der Waals surface area contributed by atoms with Crippen LogP contribution in [0.3, 0.4) is 0 Å². The van der Waals surface area contributed by atoms with E-state index in [1.54, 1.807) is 18.2 Å². The average molecular weight is 586 g/mol. The van der Waals surface area contributed by atoms with Gasteiger partial charge in [-0.25, -0.2) is 4.39 Å². The third-order valence-electron chi connectivity index (χ3n) is 5.79. The van der Waals surface area contributed by atoms with E-state index in [1.807, 2.05) is 6.07 Å². The van der Waals surface area contributed by atoms with E-state index in [9.17, 15) is 19.2 Å². The molecule has 5 nitrogen and oxygen atoms in total. The number of anilines is 2. The van der Waals surface area contributed by atoms with E-state index < -0.39 is 33.8 Å². The highest BCUT2D eigenvalue weighted by molar-refractivity contribution is 6.53. The molecule has 1 saturated carbocycles. The second kappa shape index (κ2) is 10.1. The summed E-state index contributed by atoms with van der Waals surface area (Å²) in [5.74, 6) is -2.99. The molecule has 1 aliphatic carbocycles. The molecule has 3 aromatic rings. The van der Waals surface area contributed by atoms with E-state index in [4.69, 9.17) is 58.0 Å². The summed E-state index contributed by atoms with van der Waals surface area (Å²) in [4.78, 5) is 27.4. The first kappa shape index (κ1) is 26.5. The van der Waals surface area contributed by atoms with Gasteiger partial charge < -0.3 is 10.2 Å². The van der Waals surface area contributed by atoms with E-state index in [-0.39, 0.29) is 27.5 Å². The molecule has 0 heterocycles. The number of hydrogen-bond donors (Lipinski definition) is 1. The maximum absolute atomic E-state index is 13.5. The summed E-state index contributed by atoms with van der Waals surface area (Å²) in [6.45, 7) is 0. The van der Waals surface area contributed by atoms with Gasteiger partial charge in [-0.05, 0) is 60.2 Å². The first-order valence-corrected chi connectivity index (χ1v) is 12.2. The molecule has 0 aromatic heterocycles. The molecule has 4 rings (SSSR count). The minimum Gasteiger partial charge on any atom is -0.326 e. The second-order valence-corrected chi connectivity index (χ2v) is 10.9. The van der Waals surface area contributed by atoms with Gasteiger partial charge in [-0.3, -0.25) is 9.59 Å². The smallest absolute Gasteiger partial charge is 0.259 e. The third kappa shape index (κ3) is 5.13. The van der Waals surface area contributed by atoms with E-state index >= 15 is 0 Å². The summed E-state index contributed by atoms with van der Waals surface area (Å²) in [6, 6.07) is 14.6. The Morgan fingerprint density at radius 2 is 1.69 bits per heavy atom. The Morgan fingerprint density at radius 3 is 2.33 bits per heavy atom. The second-order valence-electron chi connectivity index (χ2n) is 8.15. The maximum Gasteiger partial charge on any atom is 0.259 e. The van der Waals surface area contributed by atoms with Crippen molar-refractivity contribution in [3.63, 3.8) is 0 Å². The summed E-state index contributed by atoms with van der Waals surface area (Å²) < 4.78 is 12.1. The van der Waals surface area contributed by atoms with Crippen molar-refractivity contribution in [2.75, 3.05) is 17.3 Å². The largest absolute Gasteiger partial charge is 0.326 e. The number of halogens is 6. The van der Waals surface area contributed by atoms with Crippen molar-refractivity contribution in [2.45, 2.75) is 10.3 Å². The lowest BCUT2D eigenvalue weighted by atomic mass is 10.1. The van der Waals surface area contributed by atoms with Crippen molar-refractivity contribution in [2.24, 2.45) is 5.92 Å². The lowest BCUT2D eigenvalue weighted by Crippen LogP contribution is -2.27. The SMILES string of the molecule is CN(C(=O)c1cc(NC(=O)[C@@H]2[C@@H](c3cc(Cl)cc(Cl)c3)C2(Cl)Cl)ccc1Cl)c1ccc(F)cc1C#N. The van der Waals surface area contributed by atoms with Crippen LogP contribution in [0, 0.1) is 23.1 Å². The molecular formula is C25H15Cl5FN3O2. The van der Waals surface area contributed by atoms with E-state index in [0.29, 0.717) is 15.6 Å². The first-order chi connectivity index (χ1) is 16.9. The zero-order chi connectivity index (χ0) is 26.4. The molecule has 0 unspecified atom stereocenters. The van der Waals surface area contributed by atoms with Crippen molar-refractivity contribution in [3.8, 4) is 6.07 Å². The number of nitrogens with zero attached hydrogens (tertiary/aromatic N) is 2. The molecule has 1 aliphatic rings. The van der Waals surface area contributed by atoms with Gasteiger partial charge in [0.05, 0.1) is 27.8 Å². The Morgan fingerprint density at radius 1 is 1.03 bits per heavy atom. The average Bonchev–Trinajstić information content (AvgIpc) is 3.40. The summed E-state index contributed by atoms with van der Waals surface area (Å²) in [7, 11) is 1.43. The Hall–Kier alpha value is -2.53. The molecule has 0 saturated heterocycles. The van der Waals surface area contributed by atoms with Crippen LogP contribution in [0.2, 0.25) is 15.1 Å². The Balaban J connectivity index is 1.56. The van der Waals surface area contributed by atoms with Gasteiger partial charge in [-0.1, -0.05) is 34.8 Å². The monoisotopic (exact) mass is 583 g/mol. The van der Waals surface area contributed by atoms with Crippen LogP contribution in [0.25, 0.3) is 0 Å². The minimum absolute atomic E-state index is 0.0205. The van der Waals surface area contributed by atoms with Gasteiger partial charge in [-0.2, -0.15) is 5.26 Å². The van der Waals surface area contributed by atoms with Gasteiger partial charge in [0.25, 0.3) is 5.91 Å². The fourth-order valence-electron chi connectivity index (χ4n) is 3.99. The predicted molar refractivity (Wildman–Crippen MR) is 141 cm³/mol. The van der Waals surface area contributed by atoms with Crippen molar-refractivity contribution >= 4 is 81.2 Å². The van der Waals surface area contributed by atoms with Crippen LogP contribution in [-0.2, 0) is 4.79 Å². The molecule has 1 N–H and O–H groups in total. The first-order valence-electron chi connectivity index (χ1n) is 10.4. The number of nitrogens with one attached hydrogen (secondary N) is 1. The number of rotatable bonds is 5. The highest BCUT2D eigenvalue weighted by Crippen LogP contribution is 2.65. The summed E-state index contributed by atoms with van der Waals surface area (Å²) in [5.41, 5.74) is 1.14. The van der Waals surface area contributed by atoms with Gasteiger partial charge in [0.1, 0.15) is 16.2 Å². The van der Waals surface area contributed by atoms with Crippen LogP contribution in [0.5, 0.6) is 0 Å². The topological polar surface area (TPSA) is 73.2 Å². The van der Waals surface area contributed by atoms with Crippen LogP contribution < -0.4 is 10.2 Å². The van der Waals surface area contributed by atoms with Crippen molar-refractivity contribution in [1.82, 2.24) is 0 Å². The molecular weight excluding hydrogens is 571 g/mol. The number of carbonyl (C=O) groups excluding carboxylic acids is 2. The maximum atomic E-state index is 13.5. The molecule has 2 atom stereocenters. The molecule has 0 bridgehead atoms. The number of amides is 2. The van der Waals surface area contributed by atoms with Crippen LogP contribution in [0.4, 0.5) is 15.8 Å². The highest BCUT2D eigenvalue weighted by atomic mass is 35.5. The minimum atomic E-state index is -1.38. The molecule has 36 heavy (non-hydrogen) atoms. The molecule has 0 spiro atoms. The normalized spacial score (nSPS) is 17.7. The Labute approximate surface area is 231 Å². The Bertz CT molecular complexity index is 1420. The quantitative estimate of drug-likeness (QED) is 0.316. The van der Waals surface area contributed by atoms with E-state index in [1.165, 1.54) is 36.2 Å². The van der Waals surface area contributed by atoms with E-state index in [2.05, 4.69) is 5.32 Å². The standard InChI is InChI=1S/C25H15Cl5FN3O2/c1-34(20-5-2-16(31)8-13(20)11-32)24(36)18-10-17(3-4-19(18)28)33-23(35)22-21(25(22,29)30)12-6-14(26)9-15(27)7-12/h2-10,21-22H,1H3,(H,33,35)/t21-,22+/m1/s1. The number of carbonyl (C=O) groups is 2. The fourth-order valence-corrected chi connectivity index (χ4v) is 5.56. The molecule has 11 heteroatoms. The lowest BCUT2D eigenvalue weighted by Gasteiger charge is -2.20. The molecule has 184 valence electrons. The van der Waals surface area contributed by atoms with Crippen LogP contribution >= 0.6 is 58.0 Å². The Kier molecular flexibility index (Phi) is 7.43. The van der Waals surface area contributed by atoms with Gasteiger partial charge in [0.2, 0.25) is 5.91 Å². The van der Waals surface area contributed by atoms with Crippen LogP contribution in [0.15, 0.2) is 54.6 Å². The molecule has 1 fully saturated rings. The van der Waals surface area contributed by atoms with Crippen molar-refractivity contribution in [3.05, 3.63) is 92.2 Å². The summed E-state index contributed by atoms with van der Waals surface area (Å²) in [6.07, 6.45) is 0. The predicted octanol–water partition coefficient (Wildman–Crippen LogP) is 7.46. The zero-order valence-electron chi connectivity index (χ0n) is 18.3. The van der Waals surface area contributed by atoms with Crippen LogP contribution in [0.1, 0.15) is 27.4 Å². The van der Waals surface area contributed by atoms with Crippen LogP contribution in [-0.4, -0.2) is 23.2 Å². The van der Waals surface area contributed by atoms with E-state index in [0.717, 1.165) is 12.1 Å². The van der Waals surface area contributed by atoms with Crippen molar-refractivity contribution < 1.29 is 14.0 Å². The third-order valence-corrected chi connectivity index (χ3v) is 7.50. The van der Waals surface area contributed by atoms with Gasteiger partial charge in [-0.15, -0.1) is 23.2 Å². The molecule has 2 amide bonds. The summed E-state index contributed by atoms with van der Waals surface area (Å²) in [5, 5.41) is 12.9. The lowest BCUT2D eigenvalue weighted by molar-refractivity contribution is -0.117. The molecule has 0 aliphatic heterocycles. The fraction of sp³-hybridized carbons (Fsp3) is 0.160. The van der Waals surface area contributed by atoms with Gasteiger partial charge >= 0.3 is 0 Å². The van der Waals surface area contributed by atoms with Gasteiger partial charge in [0, 0.05) is 28.7 Å². The van der Waals surface area contributed by atoms with Crippen molar-refractivity contribution in [1.29, 1.82) is 5.26 Å². The number of alkyl halides is 2. The number of nitriles is 1. The summed E-state index contributed by atoms with van der Waals surface area (Å²) >= 11 is 31.2. The zero-order valence-corrected chi connectivity index (χ0v) is 22.1. The number of benzene rings is 3. The molecule has 0 radical (unpaired) electrons.